The monoisotopic (exact) mass is 295 g/mol. The summed E-state index contributed by atoms with van der Waals surface area (Å²) in [5.41, 5.74) is 0.231. The number of nitrogens with zero attached hydrogens (tertiary/aromatic N) is 1. The lowest BCUT2D eigenvalue weighted by atomic mass is 10.1. The minimum Gasteiger partial charge on any atom is -0.508 e. The molecule has 5 heteroatoms. The molecule has 0 unspecified atom stereocenters. The van der Waals surface area contributed by atoms with Gasteiger partial charge in [0.05, 0.1) is 0 Å². The summed E-state index contributed by atoms with van der Waals surface area (Å²) in [6.07, 6.45) is 0.168. The van der Waals surface area contributed by atoms with Crippen LogP contribution in [0.25, 0.3) is 0 Å². The number of carbonyl (C=O) groups is 1. The zero-order chi connectivity index (χ0) is 16.2. The van der Waals surface area contributed by atoms with E-state index in [0.29, 0.717) is 13.0 Å². The van der Waals surface area contributed by atoms with Gasteiger partial charge in [-0.3, -0.25) is 0 Å². The number of hydrogen-bond donors (Lipinski definition) is 2. The van der Waals surface area contributed by atoms with Gasteiger partial charge in [-0.15, -0.1) is 0 Å². The van der Waals surface area contributed by atoms with Crippen molar-refractivity contribution in [2.45, 2.75) is 52.7 Å². The molecule has 0 fully saturated rings. The maximum Gasteiger partial charge on any atom is 0.410 e. The summed E-state index contributed by atoms with van der Waals surface area (Å²) >= 11 is 0. The van der Waals surface area contributed by atoms with Crippen LogP contribution in [0.15, 0.2) is 18.2 Å². The van der Waals surface area contributed by atoms with Crippen LogP contribution in [0.1, 0.15) is 40.2 Å². The lowest BCUT2D eigenvalue weighted by Crippen LogP contribution is -2.42. The molecule has 1 aromatic carbocycles. The van der Waals surface area contributed by atoms with Crippen LogP contribution in [0.3, 0.4) is 0 Å². The fraction of sp³-hybridized carbons (Fsp3) is 0.562. The SMILES string of the molecule is CC(C)N(CCc1cc(O)cc(O)c1)C(=O)OC(C)(C)C. The van der Waals surface area contributed by atoms with Crippen LogP contribution >= 0.6 is 0 Å². The molecule has 0 atom stereocenters. The highest BCUT2D eigenvalue weighted by Gasteiger charge is 2.23. The average Bonchev–Trinajstić information content (AvgIpc) is 2.24. The van der Waals surface area contributed by atoms with Crippen LogP contribution in [-0.4, -0.2) is 39.4 Å². The van der Waals surface area contributed by atoms with E-state index in [4.69, 9.17) is 4.74 Å². The van der Waals surface area contributed by atoms with E-state index in [1.54, 1.807) is 17.0 Å². The third-order valence-corrected chi connectivity index (χ3v) is 2.86. The third-order valence-electron chi connectivity index (χ3n) is 2.86. The van der Waals surface area contributed by atoms with Crippen molar-refractivity contribution in [3.05, 3.63) is 23.8 Å². The molecule has 1 amide bonds. The van der Waals surface area contributed by atoms with Crippen molar-refractivity contribution < 1.29 is 19.7 Å². The lowest BCUT2D eigenvalue weighted by Gasteiger charge is -2.30. The fourth-order valence-corrected chi connectivity index (χ4v) is 1.93. The van der Waals surface area contributed by atoms with E-state index in [9.17, 15) is 15.0 Å². The first-order valence-corrected chi connectivity index (χ1v) is 7.10. The summed E-state index contributed by atoms with van der Waals surface area (Å²) < 4.78 is 5.39. The summed E-state index contributed by atoms with van der Waals surface area (Å²) in [6, 6.07) is 4.43. The predicted octanol–water partition coefficient (Wildman–Crippen LogP) is 3.29. The van der Waals surface area contributed by atoms with Gasteiger partial charge in [-0.1, -0.05) is 0 Å². The number of rotatable bonds is 4. The van der Waals surface area contributed by atoms with Crippen molar-refractivity contribution in [2.24, 2.45) is 0 Å². The van der Waals surface area contributed by atoms with Crippen LogP contribution in [-0.2, 0) is 11.2 Å². The molecule has 0 saturated carbocycles. The number of carbonyl (C=O) groups excluding carboxylic acids is 1. The summed E-state index contributed by atoms with van der Waals surface area (Å²) in [4.78, 5) is 13.8. The van der Waals surface area contributed by atoms with E-state index in [1.807, 2.05) is 34.6 Å². The molecule has 0 saturated heterocycles. The molecule has 0 aromatic heterocycles. The number of phenols is 2. The Hall–Kier alpha value is -1.91. The molecule has 0 radical (unpaired) electrons. The smallest absolute Gasteiger partial charge is 0.410 e. The van der Waals surface area contributed by atoms with Gasteiger partial charge in [0, 0.05) is 18.7 Å². The molecule has 2 N–H and O–H groups in total. The van der Waals surface area contributed by atoms with Crippen LogP contribution in [0.2, 0.25) is 0 Å². The van der Waals surface area contributed by atoms with E-state index in [0.717, 1.165) is 5.56 Å². The second-order valence-corrected chi connectivity index (χ2v) is 6.38. The van der Waals surface area contributed by atoms with Crippen LogP contribution in [0, 0.1) is 0 Å². The Morgan fingerprint density at radius 3 is 2.14 bits per heavy atom. The highest BCUT2D eigenvalue weighted by Crippen LogP contribution is 2.21. The van der Waals surface area contributed by atoms with Crippen molar-refractivity contribution in [1.29, 1.82) is 0 Å². The molecule has 5 nitrogen and oxygen atoms in total. The topological polar surface area (TPSA) is 70.0 Å². The van der Waals surface area contributed by atoms with Gasteiger partial charge in [0.15, 0.2) is 0 Å². The fourth-order valence-electron chi connectivity index (χ4n) is 1.93. The molecule has 1 aromatic rings. The Kier molecular flexibility index (Phi) is 5.47. The molecule has 118 valence electrons. The Balaban J connectivity index is 2.73. The Bertz CT molecular complexity index is 471. The molecule has 1 rings (SSSR count). The molecule has 0 aliphatic rings. The first-order valence-electron chi connectivity index (χ1n) is 7.10. The zero-order valence-electron chi connectivity index (χ0n) is 13.4. The molecule has 0 heterocycles. The Morgan fingerprint density at radius 2 is 1.71 bits per heavy atom. The average molecular weight is 295 g/mol. The number of benzene rings is 1. The summed E-state index contributed by atoms with van der Waals surface area (Å²) in [5.74, 6) is 0.0247. The second-order valence-electron chi connectivity index (χ2n) is 6.38. The van der Waals surface area contributed by atoms with Gasteiger partial charge >= 0.3 is 6.09 Å². The van der Waals surface area contributed by atoms with Gasteiger partial charge in [-0.05, 0) is 58.7 Å². The normalized spacial score (nSPS) is 11.5. The molecular weight excluding hydrogens is 270 g/mol. The second kappa shape index (κ2) is 6.70. The maximum absolute atomic E-state index is 12.2. The largest absolute Gasteiger partial charge is 0.508 e. The van der Waals surface area contributed by atoms with Crippen LogP contribution in [0.4, 0.5) is 4.79 Å². The zero-order valence-corrected chi connectivity index (χ0v) is 13.4. The van der Waals surface area contributed by atoms with E-state index >= 15 is 0 Å². The van der Waals surface area contributed by atoms with Gasteiger partial charge in [-0.2, -0.15) is 0 Å². The number of amides is 1. The van der Waals surface area contributed by atoms with Gasteiger partial charge < -0.3 is 19.8 Å². The van der Waals surface area contributed by atoms with Crippen molar-refractivity contribution in [2.75, 3.05) is 6.54 Å². The third kappa shape index (κ3) is 5.94. The number of aromatic hydroxyl groups is 2. The Morgan fingerprint density at radius 1 is 1.19 bits per heavy atom. The first-order chi connectivity index (χ1) is 9.58. The van der Waals surface area contributed by atoms with E-state index in [2.05, 4.69) is 0 Å². The van der Waals surface area contributed by atoms with E-state index < -0.39 is 5.60 Å². The van der Waals surface area contributed by atoms with Gasteiger partial charge in [0.2, 0.25) is 0 Å². The van der Waals surface area contributed by atoms with Crippen molar-refractivity contribution >= 4 is 6.09 Å². The highest BCUT2D eigenvalue weighted by molar-refractivity contribution is 5.68. The number of hydrogen-bond acceptors (Lipinski definition) is 4. The molecule has 0 aliphatic carbocycles. The summed E-state index contributed by atoms with van der Waals surface area (Å²) in [7, 11) is 0. The van der Waals surface area contributed by atoms with Gasteiger partial charge in [-0.25, -0.2) is 4.79 Å². The van der Waals surface area contributed by atoms with E-state index in [1.165, 1.54) is 6.07 Å². The van der Waals surface area contributed by atoms with Gasteiger partial charge in [0.1, 0.15) is 17.1 Å². The minimum atomic E-state index is -0.534. The quantitative estimate of drug-likeness (QED) is 0.894. The Labute approximate surface area is 126 Å². The van der Waals surface area contributed by atoms with E-state index in [-0.39, 0.29) is 23.6 Å². The van der Waals surface area contributed by atoms with Crippen LogP contribution < -0.4 is 0 Å². The van der Waals surface area contributed by atoms with Crippen molar-refractivity contribution in [1.82, 2.24) is 4.90 Å². The summed E-state index contributed by atoms with van der Waals surface area (Å²) in [5, 5.41) is 18.9. The summed E-state index contributed by atoms with van der Waals surface area (Å²) in [6.45, 7) is 9.78. The van der Waals surface area contributed by atoms with Crippen molar-refractivity contribution in [3.63, 3.8) is 0 Å². The van der Waals surface area contributed by atoms with Crippen LogP contribution in [0.5, 0.6) is 11.5 Å². The first kappa shape index (κ1) is 17.1. The molecule has 0 bridgehead atoms. The van der Waals surface area contributed by atoms with Gasteiger partial charge in [0.25, 0.3) is 0 Å². The minimum absolute atomic E-state index is 0.00533. The number of phenolic OH excluding ortho intramolecular Hbond substituents is 2. The maximum atomic E-state index is 12.2. The molecule has 0 spiro atoms. The molecule has 21 heavy (non-hydrogen) atoms. The lowest BCUT2D eigenvalue weighted by molar-refractivity contribution is 0.0194. The number of ether oxygens (including phenoxy) is 1. The predicted molar refractivity (Wildman–Crippen MR) is 81.6 cm³/mol. The highest BCUT2D eigenvalue weighted by atomic mass is 16.6. The van der Waals surface area contributed by atoms with Crippen molar-refractivity contribution in [3.8, 4) is 11.5 Å². The standard InChI is InChI=1S/C16H25NO4/c1-11(2)17(15(20)21-16(3,4)5)7-6-12-8-13(18)10-14(19)9-12/h8-11,18-19H,6-7H2,1-5H3. The molecule has 0 aliphatic heterocycles. The molecular formula is C16H25NO4.